The van der Waals surface area contributed by atoms with Crippen LogP contribution in [0, 0.1) is 0 Å². The van der Waals surface area contributed by atoms with Crippen LogP contribution in [-0.4, -0.2) is 19.0 Å². The van der Waals surface area contributed by atoms with Crippen molar-refractivity contribution < 1.29 is 4.79 Å². The van der Waals surface area contributed by atoms with E-state index in [0.29, 0.717) is 6.42 Å². The summed E-state index contributed by atoms with van der Waals surface area (Å²) < 4.78 is 0. The van der Waals surface area contributed by atoms with Gasteiger partial charge in [0, 0.05) is 12.2 Å². The first kappa shape index (κ1) is 12.1. The van der Waals surface area contributed by atoms with Gasteiger partial charge in [0.15, 0.2) is 0 Å². The third-order valence-electron chi connectivity index (χ3n) is 3.17. The Labute approximate surface area is 107 Å². The Bertz CT molecular complexity index is 482. The Hall–Kier alpha value is -1.32. The molecule has 1 aromatic carbocycles. The van der Waals surface area contributed by atoms with Crippen LogP contribution in [0.3, 0.4) is 0 Å². The van der Waals surface area contributed by atoms with Crippen molar-refractivity contribution in [3.05, 3.63) is 35.4 Å². The van der Waals surface area contributed by atoms with E-state index in [9.17, 15) is 4.79 Å². The molecule has 0 bridgehead atoms. The van der Waals surface area contributed by atoms with E-state index >= 15 is 0 Å². The first-order valence-corrected chi connectivity index (χ1v) is 5.66. The minimum absolute atomic E-state index is 0. The van der Waals surface area contributed by atoms with Crippen molar-refractivity contribution in [3.8, 4) is 0 Å². The first-order valence-electron chi connectivity index (χ1n) is 5.66. The number of rotatable bonds is 1. The predicted molar refractivity (Wildman–Crippen MR) is 71.5 cm³/mol. The highest BCUT2D eigenvalue weighted by atomic mass is 35.5. The lowest BCUT2D eigenvalue weighted by Gasteiger charge is -2.14. The van der Waals surface area contributed by atoms with E-state index in [2.05, 4.69) is 28.8 Å². The second-order valence-corrected chi connectivity index (χ2v) is 4.28. The molecule has 1 amide bonds. The van der Waals surface area contributed by atoms with E-state index in [1.165, 1.54) is 11.1 Å². The van der Waals surface area contributed by atoms with Crippen molar-refractivity contribution in [3.63, 3.8) is 0 Å². The number of halogens is 1. The summed E-state index contributed by atoms with van der Waals surface area (Å²) >= 11 is 0. The SMILES string of the molecule is Cl.O=C1Cc2cc(C3=CCNCC3)ccc2N1. The summed E-state index contributed by atoms with van der Waals surface area (Å²) in [4.78, 5) is 11.3. The maximum absolute atomic E-state index is 11.3. The summed E-state index contributed by atoms with van der Waals surface area (Å²) in [5, 5.41) is 6.16. The van der Waals surface area contributed by atoms with Crippen LogP contribution in [0.15, 0.2) is 24.3 Å². The Balaban J connectivity index is 0.00000108. The third-order valence-corrected chi connectivity index (χ3v) is 3.17. The summed E-state index contributed by atoms with van der Waals surface area (Å²) in [7, 11) is 0. The monoisotopic (exact) mass is 250 g/mol. The lowest BCUT2D eigenvalue weighted by Crippen LogP contribution is -2.20. The average molecular weight is 251 g/mol. The Morgan fingerprint density at radius 1 is 1.24 bits per heavy atom. The molecule has 2 N–H and O–H groups in total. The van der Waals surface area contributed by atoms with Crippen molar-refractivity contribution in [2.24, 2.45) is 0 Å². The minimum atomic E-state index is 0. The van der Waals surface area contributed by atoms with E-state index in [1.54, 1.807) is 0 Å². The number of fused-ring (bicyclic) bond motifs is 1. The molecule has 1 aromatic rings. The van der Waals surface area contributed by atoms with Crippen LogP contribution in [-0.2, 0) is 11.2 Å². The highest BCUT2D eigenvalue weighted by Gasteiger charge is 2.18. The molecule has 0 atom stereocenters. The zero-order valence-electron chi connectivity index (χ0n) is 9.45. The molecular weight excluding hydrogens is 236 g/mol. The maximum Gasteiger partial charge on any atom is 0.228 e. The van der Waals surface area contributed by atoms with Gasteiger partial charge in [-0.15, -0.1) is 12.4 Å². The number of amides is 1. The number of nitrogens with one attached hydrogen (secondary N) is 2. The van der Waals surface area contributed by atoms with E-state index in [-0.39, 0.29) is 18.3 Å². The van der Waals surface area contributed by atoms with Gasteiger partial charge in [0.2, 0.25) is 5.91 Å². The summed E-state index contributed by atoms with van der Waals surface area (Å²) in [5.74, 6) is 0.103. The van der Waals surface area contributed by atoms with E-state index in [1.807, 2.05) is 6.07 Å². The highest BCUT2D eigenvalue weighted by molar-refractivity contribution is 5.99. The second-order valence-electron chi connectivity index (χ2n) is 4.28. The quantitative estimate of drug-likeness (QED) is 0.800. The lowest BCUT2D eigenvalue weighted by atomic mass is 9.97. The molecule has 4 heteroatoms. The topological polar surface area (TPSA) is 41.1 Å². The van der Waals surface area contributed by atoms with Crippen LogP contribution in [0.2, 0.25) is 0 Å². The molecule has 3 nitrogen and oxygen atoms in total. The average Bonchev–Trinajstić information content (AvgIpc) is 2.69. The number of carbonyl (C=O) groups is 1. The van der Waals surface area contributed by atoms with Gasteiger partial charge >= 0.3 is 0 Å². The molecular formula is C13H15ClN2O. The number of anilines is 1. The van der Waals surface area contributed by atoms with Gasteiger partial charge in [0.1, 0.15) is 0 Å². The van der Waals surface area contributed by atoms with Crippen LogP contribution in [0.4, 0.5) is 5.69 Å². The van der Waals surface area contributed by atoms with Gasteiger partial charge in [-0.1, -0.05) is 12.1 Å². The predicted octanol–water partition coefficient (Wildman–Crippen LogP) is 1.98. The van der Waals surface area contributed by atoms with Crippen molar-refractivity contribution >= 4 is 29.6 Å². The molecule has 2 aliphatic rings. The molecule has 0 spiro atoms. The molecule has 0 radical (unpaired) electrons. The molecule has 0 aliphatic carbocycles. The van der Waals surface area contributed by atoms with Gasteiger partial charge in [-0.25, -0.2) is 0 Å². The fourth-order valence-corrected chi connectivity index (χ4v) is 2.31. The zero-order chi connectivity index (χ0) is 11.0. The van der Waals surface area contributed by atoms with E-state index < -0.39 is 0 Å². The van der Waals surface area contributed by atoms with Crippen molar-refractivity contribution in [1.29, 1.82) is 0 Å². The van der Waals surface area contributed by atoms with Crippen molar-refractivity contribution in [2.45, 2.75) is 12.8 Å². The molecule has 2 heterocycles. The molecule has 0 unspecified atom stereocenters. The number of hydrogen-bond acceptors (Lipinski definition) is 2. The molecule has 0 saturated carbocycles. The van der Waals surface area contributed by atoms with Gasteiger partial charge in [-0.2, -0.15) is 0 Å². The van der Waals surface area contributed by atoms with Crippen LogP contribution < -0.4 is 10.6 Å². The van der Waals surface area contributed by atoms with Gasteiger partial charge in [0.25, 0.3) is 0 Å². The normalized spacial score (nSPS) is 17.9. The molecule has 0 saturated heterocycles. The molecule has 90 valence electrons. The van der Waals surface area contributed by atoms with Gasteiger partial charge in [-0.05, 0) is 41.8 Å². The molecule has 17 heavy (non-hydrogen) atoms. The minimum Gasteiger partial charge on any atom is -0.326 e. The molecule has 2 aliphatic heterocycles. The number of hydrogen-bond donors (Lipinski definition) is 2. The Morgan fingerprint density at radius 2 is 2.12 bits per heavy atom. The van der Waals surface area contributed by atoms with Crippen molar-refractivity contribution in [2.75, 3.05) is 18.4 Å². The number of carbonyl (C=O) groups excluding carboxylic acids is 1. The zero-order valence-corrected chi connectivity index (χ0v) is 10.3. The Kier molecular flexibility index (Phi) is 3.50. The van der Waals surface area contributed by atoms with E-state index in [4.69, 9.17) is 0 Å². The third kappa shape index (κ3) is 2.35. The van der Waals surface area contributed by atoms with Gasteiger partial charge < -0.3 is 10.6 Å². The van der Waals surface area contributed by atoms with Crippen LogP contribution in [0.1, 0.15) is 17.5 Å². The highest BCUT2D eigenvalue weighted by Crippen LogP contribution is 2.28. The second kappa shape index (κ2) is 4.90. The molecule has 0 aromatic heterocycles. The molecule has 0 fully saturated rings. The van der Waals surface area contributed by atoms with Crippen LogP contribution >= 0.6 is 12.4 Å². The summed E-state index contributed by atoms with van der Waals surface area (Å²) in [6.45, 7) is 1.99. The van der Waals surface area contributed by atoms with Crippen molar-refractivity contribution in [1.82, 2.24) is 5.32 Å². The number of benzene rings is 1. The lowest BCUT2D eigenvalue weighted by molar-refractivity contribution is -0.115. The van der Waals surface area contributed by atoms with E-state index in [0.717, 1.165) is 30.8 Å². The van der Waals surface area contributed by atoms with Crippen LogP contribution in [0.5, 0.6) is 0 Å². The summed E-state index contributed by atoms with van der Waals surface area (Å²) in [6, 6.07) is 6.25. The van der Waals surface area contributed by atoms with Gasteiger partial charge in [0.05, 0.1) is 6.42 Å². The summed E-state index contributed by atoms with van der Waals surface area (Å²) in [5.41, 5.74) is 4.75. The smallest absolute Gasteiger partial charge is 0.228 e. The molecule has 3 rings (SSSR count). The first-order chi connectivity index (χ1) is 7.83. The van der Waals surface area contributed by atoms with Crippen LogP contribution in [0.25, 0.3) is 5.57 Å². The fourth-order valence-electron chi connectivity index (χ4n) is 2.31. The Morgan fingerprint density at radius 3 is 2.88 bits per heavy atom. The fraction of sp³-hybridized carbons (Fsp3) is 0.308. The largest absolute Gasteiger partial charge is 0.326 e. The van der Waals surface area contributed by atoms with Gasteiger partial charge in [-0.3, -0.25) is 4.79 Å². The summed E-state index contributed by atoms with van der Waals surface area (Å²) in [6.07, 6.45) is 3.82. The standard InChI is InChI=1S/C13H14N2O.ClH/c16-13-8-11-7-10(1-2-12(11)15-13)9-3-5-14-6-4-9;/h1-3,7,14H,4-6,8H2,(H,15,16);1H. The maximum atomic E-state index is 11.3.